The Hall–Kier alpha value is -6.76. The number of hydrogen-bond acceptors (Lipinski definition) is 0. The molecule has 0 nitrogen and oxygen atoms in total. The summed E-state index contributed by atoms with van der Waals surface area (Å²) >= 11 is 0. The van der Waals surface area contributed by atoms with Gasteiger partial charge in [-0.2, -0.15) is 0 Å². The second-order valence-corrected chi connectivity index (χ2v) is 15.7. The Bertz CT molecular complexity index is 3150. The van der Waals surface area contributed by atoms with Gasteiger partial charge in [0.05, 0.1) is 0 Å². The smallest absolute Gasteiger partial charge is 0.0158 e. The van der Waals surface area contributed by atoms with Gasteiger partial charge in [-0.25, -0.2) is 0 Å². The molecule has 0 aromatic heterocycles. The lowest BCUT2D eigenvalue weighted by Crippen LogP contribution is -2.14. The van der Waals surface area contributed by atoms with Gasteiger partial charge in [-0.1, -0.05) is 190 Å². The Morgan fingerprint density at radius 2 is 0.818 bits per heavy atom. The fourth-order valence-corrected chi connectivity index (χ4v) is 9.52. The van der Waals surface area contributed by atoms with E-state index in [9.17, 15) is 0 Å². The third-order valence-corrected chi connectivity index (χ3v) is 12.3. The van der Waals surface area contributed by atoms with Crippen LogP contribution in [0.2, 0.25) is 0 Å². The van der Waals surface area contributed by atoms with Gasteiger partial charge in [0.25, 0.3) is 0 Å². The summed E-state index contributed by atoms with van der Waals surface area (Å²) in [6.45, 7) is 4.72. The number of fused-ring (bicyclic) bond motifs is 7. The summed E-state index contributed by atoms with van der Waals surface area (Å²) in [5.74, 6) is 0. The molecule has 0 spiro atoms. The molecule has 11 rings (SSSR count). The molecule has 1 aliphatic carbocycles. The van der Waals surface area contributed by atoms with Gasteiger partial charge in [0, 0.05) is 5.41 Å². The zero-order chi connectivity index (χ0) is 36.7. The van der Waals surface area contributed by atoms with Gasteiger partial charge in [0.15, 0.2) is 0 Å². The van der Waals surface area contributed by atoms with E-state index in [2.05, 4.69) is 208 Å². The minimum atomic E-state index is -0.0427. The Kier molecular flexibility index (Phi) is 7.00. The first-order valence-electron chi connectivity index (χ1n) is 19.3. The predicted molar refractivity (Wildman–Crippen MR) is 236 cm³/mol. The van der Waals surface area contributed by atoms with E-state index >= 15 is 0 Å². The van der Waals surface area contributed by atoms with Crippen LogP contribution in [0.15, 0.2) is 194 Å². The Labute approximate surface area is 322 Å². The van der Waals surface area contributed by atoms with Crippen LogP contribution >= 0.6 is 0 Å². The van der Waals surface area contributed by atoms with Gasteiger partial charge in [-0.05, 0) is 128 Å². The van der Waals surface area contributed by atoms with Crippen molar-refractivity contribution < 1.29 is 0 Å². The summed E-state index contributed by atoms with van der Waals surface area (Å²) in [6, 6.07) is 72.3. The third kappa shape index (κ3) is 4.92. The molecule has 0 saturated carbocycles. The third-order valence-electron chi connectivity index (χ3n) is 12.3. The average Bonchev–Trinajstić information content (AvgIpc) is 3.47. The molecular formula is C55H38. The molecule has 258 valence electrons. The van der Waals surface area contributed by atoms with Crippen molar-refractivity contribution in [1.82, 2.24) is 0 Å². The van der Waals surface area contributed by atoms with Gasteiger partial charge in [0.2, 0.25) is 0 Å². The minimum absolute atomic E-state index is 0.0427. The van der Waals surface area contributed by atoms with E-state index in [-0.39, 0.29) is 5.41 Å². The van der Waals surface area contributed by atoms with Crippen LogP contribution in [0, 0.1) is 0 Å². The van der Waals surface area contributed by atoms with Crippen LogP contribution in [-0.2, 0) is 5.41 Å². The van der Waals surface area contributed by atoms with E-state index in [0.29, 0.717) is 0 Å². The van der Waals surface area contributed by atoms with Crippen LogP contribution in [-0.4, -0.2) is 0 Å². The normalized spacial score (nSPS) is 13.1. The largest absolute Gasteiger partial charge is 0.0619 e. The van der Waals surface area contributed by atoms with Crippen LogP contribution in [0.5, 0.6) is 0 Å². The molecule has 0 aliphatic heterocycles. The minimum Gasteiger partial charge on any atom is -0.0619 e. The predicted octanol–water partition coefficient (Wildman–Crippen LogP) is 15.3. The van der Waals surface area contributed by atoms with Gasteiger partial charge in [-0.15, -0.1) is 0 Å². The molecule has 0 N–H and O–H groups in total. The van der Waals surface area contributed by atoms with Crippen molar-refractivity contribution in [3.63, 3.8) is 0 Å². The highest BCUT2D eigenvalue weighted by molar-refractivity contribution is 6.22. The Balaban J connectivity index is 1.17. The molecule has 0 amide bonds. The summed E-state index contributed by atoms with van der Waals surface area (Å²) in [5, 5.41) is 10.1. The first-order chi connectivity index (χ1) is 27.0. The van der Waals surface area contributed by atoms with Gasteiger partial charge >= 0.3 is 0 Å². The standard InChI is InChI=1S/C55H38/c1-55(2)51-21-10-9-17-45(51)49-34-42(29-31-52(49)55)54-47-19-8-7-18-46(47)53(38-25-22-36(23-26-38)40-27-24-35-12-3-4-14-39(35)32-40)48-30-28-41(33-50(48)54)44-20-11-15-37-13-5-6-16-43(37)44/h3-34H,1-2H3. The summed E-state index contributed by atoms with van der Waals surface area (Å²) < 4.78 is 0. The summed E-state index contributed by atoms with van der Waals surface area (Å²) in [6.07, 6.45) is 0. The molecule has 0 saturated heterocycles. The first-order valence-corrected chi connectivity index (χ1v) is 19.3. The number of rotatable bonds is 4. The molecule has 10 aromatic rings. The topological polar surface area (TPSA) is 0 Å². The van der Waals surface area contributed by atoms with E-state index in [4.69, 9.17) is 0 Å². The summed E-state index contributed by atoms with van der Waals surface area (Å²) in [5.41, 5.74) is 15.4. The molecule has 0 bridgehead atoms. The van der Waals surface area contributed by atoms with E-state index in [0.717, 1.165) is 0 Å². The highest BCUT2D eigenvalue weighted by Gasteiger charge is 2.35. The molecule has 10 aromatic carbocycles. The maximum Gasteiger partial charge on any atom is 0.0158 e. The zero-order valence-electron chi connectivity index (χ0n) is 31.0. The monoisotopic (exact) mass is 698 g/mol. The quantitative estimate of drug-likeness (QED) is 0.161. The van der Waals surface area contributed by atoms with Crippen molar-refractivity contribution in [3.8, 4) is 55.6 Å². The van der Waals surface area contributed by atoms with E-state index < -0.39 is 0 Å². The molecular weight excluding hydrogens is 661 g/mol. The lowest BCUT2D eigenvalue weighted by molar-refractivity contribution is 0.660. The summed E-state index contributed by atoms with van der Waals surface area (Å²) in [7, 11) is 0. The average molecular weight is 699 g/mol. The van der Waals surface area contributed by atoms with Crippen LogP contribution < -0.4 is 0 Å². The van der Waals surface area contributed by atoms with Crippen LogP contribution in [0.4, 0.5) is 0 Å². The lowest BCUT2D eigenvalue weighted by atomic mass is 9.81. The molecule has 0 unspecified atom stereocenters. The van der Waals surface area contributed by atoms with Crippen molar-refractivity contribution >= 4 is 43.1 Å². The maximum absolute atomic E-state index is 2.47. The number of benzene rings is 10. The van der Waals surface area contributed by atoms with Crippen LogP contribution in [0.1, 0.15) is 25.0 Å². The van der Waals surface area contributed by atoms with Crippen molar-refractivity contribution in [1.29, 1.82) is 0 Å². The van der Waals surface area contributed by atoms with Crippen LogP contribution in [0.3, 0.4) is 0 Å². The van der Waals surface area contributed by atoms with Crippen molar-refractivity contribution in [3.05, 3.63) is 205 Å². The van der Waals surface area contributed by atoms with Crippen molar-refractivity contribution in [2.45, 2.75) is 19.3 Å². The van der Waals surface area contributed by atoms with E-state index in [1.54, 1.807) is 0 Å². The lowest BCUT2D eigenvalue weighted by Gasteiger charge is -2.22. The second kappa shape index (κ2) is 12.1. The zero-order valence-corrected chi connectivity index (χ0v) is 31.0. The molecule has 0 fully saturated rings. The molecule has 0 heterocycles. The molecule has 0 atom stereocenters. The SMILES string of the molecule is CC1(C)c2ccccc2-c2cc(-c3c4ccccc4c(-c4ccc(-c5ccc6ccccc6c5)cc4)c4ccc(-c5cccc6ccccc56)cc34)ccc21. The van der Waals surface area contributed by atoms with E-state index in [1.807, 2.05) is 0 Å². The van der Waals surface area contributed by atoms with Gasteiger partial charge in [-0.3, -0.25) is 0 Å². The Morgan fingerprint density at radius 3 is 1.64 bits per heavy atom. The highest BCUT2D eigenvalue weighted by atomic mass is 14.4. The molecule has 0 heteroatoms. The van der Waals surface area contributed by atoms with Gasteiger partial charge in [0.1, 0.15) is 0 Å². The first kappa shape index (κ1) is 31.7. The highest BCUT2D eigenvalue weighted by Crippen LogP contribution is 2.51. The molecule has 55 heavy (non-hydrogen) atoms. The second-order valence-electron chi connectivity index (χ2n) is 15.7. The van der Waals surface area contributed by atoms with Crippen molar-refractivity contribution in [2.75, 3.05) is 0 Å². The maximum atomic E-state index is 2.47. The summed E-state index contributed by atoms with van der Waals surface area (Å²) in [4.78, 5) is 0. The number of hydrogen-bond donors (Lipinski definition) is 0. The van der Waals surface area contributed by atoms with E-state index in [1.165, 1.54) is 110 Å². The molecule has 0 radical (unpaired) electrons. The van der Waals surface area contributed by atoms with Crippen LogP contribution in [0.25, 0.3) is 98.7 Å². The Morgan fingerprint density at radius 1 is 0.273 bits per heavy atom. The molecule has 1 aliphatic rings. The fraction of sp³-hybridized carbons (Fsp3) is 0.0545. The fourth-order valence-electron chi connectivity index (χ4n) is 9.52. The van der Waals surface area contributed by atoms with Gasteiger partial charge < -0.3 is 0 Å². The van der Waals surface area contributed by atoms with Crippen molar-refractivity contribution in [2.24, 2.45) is 0 Å².